The van der Waals surface area contributed by atoms with Crippen LogP contribution in [0.4, 0.5) is 0 Å². The molecule has 0 amide bonds. The van der Waals surface area contributed by atoms with E-state index in [1.165, 1.54) is 267 Å². The maximum Gasteiger partial charge on any atom is 0.132 e. The van der Waals surface area contributed by atoms with Crippen molar-refractivity contribution in [3.63, 3.8) is 0 Å². The zero-order valence-corrected chi connectivity index (χ0v) is 35.3. The van der Waals surface area contributed by atoms with E-state index >= 15 is 0 Å². The summed E-state index contributed by atoms with van der Waals surface area (Å²) in [7, 11) is -3.37. The standard InChI is InChI=1S/C46H86OSi2/c1-2-8-14-20-26-32-40-49-43-35-29-23-17-11-5-3-9-15-21-27-33-41-48(39-31-25-19-13-7-1,45-37-38-46(49)47-45)42-34-28-22-16-10-4-6-12-18-24-30-36-44-49/h37-38H,1-36,39-44H2. The van der Waals surface area contributed by atoms with Gasteiger partial charge >= 0.3 is 0 Å². The van der Waals surface area contributed by atoms with Crippen LogP contribution in [0, 0.1) is 0 Å². The Morgan fingerprint density at radius 3 is 0.531 bits per heavy atom. The van der Waals surface area contributed by atoms with E-state index in [2.05, 4.69) is 12.1 Å². The molecule has 284 valence electrons. The molecule has 1 nitrogen and oxygen atoms in total. The van der Waals surface area contributed by atoms with Gasteiger partial charge in [-0.15, -0.1) is 0 Å². The van der Waals surface area contributed by atoms with Crippen LogP contribution in [0.1, 0.15) is 231 Å². The first-order valence-corrected chi connectivity index (χ1v) is 28.7. The van der Waals surface area contributed by atoms with E-state index in [0.29, 0.717) is 0 Å². The molecule has 3 aliphatic heterocycles. The van der Waals surface area contributed by atoms with Gasteiger partial charge in [0.25, 0.3) is 0 Å². The van der Waals surface area contributed by atoms with Crippen molar-refractivity contribution in [1.29, 1.82) is 0 Å². The first kappa shape index (κ1) is 41.5. The third-order valence-electron chi connectivity index (χ3n) is 13.8. The van der Waals surface area contributed by atoms with E-state index in [0.717, 1.165) is 0 Å². The van der Waals surface area contributed by atoms with Gasteiger partial charge in [-0.1, -0.05) is 267 Å². The minimum absolute atomic E-state index is 1.47. The summed E-state index contributed by atoms with van der Waals surface area (Å²) >= 11 is 0. The Hall–Kier alpha value is -0.286. The highest BCUT2D eigenvalue weighted by Crippen LogP contribution is 2.34. The van der Waals surface area contributed by atoms with Crippen LogP contribution in [0.2, 0.25) is 36.3 Å². The van der Waals surface area contributed by atoms with Gasteiger partial charge in [-0.25, -0.2) is 0 Å². The fourth-order valence-electron chi connectivity index (χ4n) is 10.5. The average Bonchev–Trinajstić information content (AvgIpc) is 3.62. The van der Waals surface area contributed by atoms with E-state index in [1.54, 1.807) is 10.8 Å². The molecule has 4 heterocycles. The lowest BCUT2D eigenvalue weighted by molar-refractivity contribution is 0.540. The molecule has 0 saturated carbocycles. The molecule has 4 bridgehead atoms. The van der Waals surface area contributed by atoms with Crippen molar-refractivity contribution >= 4 is 26.9 Å². The lowest BCUT2D eigenvalue weighted by Crippen LogP contribution is -2.50. The minimum Gasteiger partial charge on any atom is -0.476 e. The number of rotatable bonds is 0. The van der Waals surface area contributed by atoms with Crippen molar-refractivity contribution in [3.8, 4) is 0 Å². The Kier molecular flexibility index (Phi) is 22.4. The third kappa shape index (κ3) is 16.5. The van der Waals surface area contributed by atoms with E-state index < -0.39 is 16.1 Å². The van der Waals surface area contributed by atoms with Gasteiger partial charge in [0.2, 0.25) is 0 Å². The zero-order valence-electron chi connectivity index (χ0n) is 33.3. The van der Waals surface area contributed by atoms with Crippen LogP contribution >= 0.6 is 0 Å². The van der Waals surface area contributed by atoms with Gasteiger partial charge in [0.05, 0.1) is 10.8 Å². The van der Waals surface area contributed by atoms with Gasteiger partial charge in [-0.2, -0.15) is 0 Å². The molecular formula is C46H86OSi2. The molecule has 1 aromatic rings. The molecule has 3 aliphatic rings. The SMILES string of the molecule is c1cc2oc1[Si]13CCCCCCCCCCCCCC[Si]2(CCCCCCCCCCCCCC1)CCCCCCCCCCCCCC3. The summed E-state index contributed by atoms with van der Waals surface area (Å²) < 4.78 is 7.64. The number of hydrogen-bond acceptors (Lipinski definition) is 1. The fraction of sp³-hybridized carbons (Fsp3) is 0.913. The van der Waals surface area contributed by atoms with E-state index in [-0.39, 0.29) is 0 Å². The highest BCUT2D eigenvalue weighted by atomic mass is 28.3. The van der Waals surface area contributed by atoms with E-state index in [4.69, 9.17) is 4.42 Å². The first-order valence-electron chi connectivity index (χ1n) is 23.4. The van der Waals surface area contributed by atoms with E-state index in [9.17, 15) is 0 Å². The van der Waals surface area contributed by atoms with Crippen LogP contribution in [0.25, 0.3) is 0 Å². The summed E-state index contributed by atoms with van der Waals surface area (Å²) in [6, 6.07) is 14.5. The van der Waals surface area contributed by atoms with Crippen molar-refractivity contribution in [3.05, 3.63) is 12.1 Å². The molecule has 0 saturated heterocycles. The van der Waals surface area contributed by atoms with Crippen LogP contribution in [-0.4, -0.2) is 16.1 Å². The van der Waals surface area contributed by atoms with Gasteiger partial charge in [-0.3, -0.25) is 0 Å². The second-order valence-corrected chi connectivity index (χ2v) is 27.1. The normalized spacial score (nSPS) is 29.6. The topological polar surface area (TPSA) is 13.1 Å². The Labute approximate surface area is 309 Å². The molecule has 1 aromatic heterocycles. The van der Waals surface area contributed by atoms with Gasteiger partial charge < -0.3 is 4.42 Å². The maximum absolute atomic E-state index is 7.64. The molecule has 0 spiro atoms. The van der Waals surface area contributed by atoms with Crippen molar-refractivity contribution in [1.82, 2.24) is 0 Å². The Balaban J connectivity index is 1.66. The third-order valence-corrected chi connectivity index (χ3v) is 24.3. The van der Waals surface area contributed by atoms with Crippen molar-refractivity contribution in [2.24, 2.45) is 0 Å². The number of hydrogen-bond donors (Lipinski definition) is 0. The zero-order chi connectivity index (χ0) is 34.0. The van der Waals surface area contributed by atoms with Crippen LogP contribution in [-0.2, 0) is 0 Å². The summed E-state index contributed by atoms with van der Waals surface area (Å²) in [6.45, 7) is 0. The molecule has 0 unspecified atom stereocenters. The van der Waals surface area contributed by atoms with Crippen molar-refractivity contribution in [2.45, 2.75) is 267 Å². The highest BCUT2D eigenvalue weighted by Gasteiger charge is 2.41. The molecule has 0 fully saturated rings. The maximum atomic E-state index is 7.64. The summed E-state index contributed by atoms with van der Waals surface area (Å²) in [5.41, 5.74) is 0. The van der Waals surface area contributed by atoms with Crippen LogP contribution in [0.15, 0.2) is 16.5 Å². The summed E-state index contributed by atoms with van der Waals surface area (Å²) in [5.74, 6) is 0. The summed E-state index contributed by atoms with van der Waals surface area (Å²) in [6.07, 6.45) is 53.3. The Morgan fingerprint density at radius 1 is 0.224 bits per heavy atom. The lowest BCUT2D eigenvalue weighted by atomic mass is 10.1. The summed E-state index contributed by atoms with van der Waals surface area (Å²) in [4.78, 5) is 0. The molecule has 0 radical (unpaired) electrons. The molecule has 0 aliphatic carbocycles. The van der Waals surface area contributed by atoms with Crippen molar-refractivity contribution in [2.75, 3.05) is 0 Å². The van der Waals surface area contributed by atoms with Crippen LogP contribution in [0.3, 0.4) is 0 Å². The second kappa shape index (κ2) is 26.5. The first-order chi connectivity index (χ1) is 24.3. The molecule has 0 aromatic carbocycles. The van der Waals surface area contributed by atoms with Gasteiger partial charge in [0, 0.05) is 0 Å². The predicted octanol–water partition coefficient (Wildman–Crippen LogP) is 15.7. The summed E-state index contributed by atoms with van der Waals surface area (Å²) in [5, 5.41) is 3.21. The fourth-order valence-corrected chi connectivity index (χ4v) is 20.6. The quantitative estimate of drug-likeness (QED) is 0.244. The molecule has 0 N–H and O–H groups in total. The largest absolute Gasteiger partial charge is 0.476 e. The Morgan fingerprint density at radius 2 is 0.367 bits per heavy atom. The molecule has 0 atom stereocenters. The smallest absolute Gasteiger partial charge is 0.132 e. The molecule has 49 heavy (non-hydrogen) atoms. The molecule has 3 heteroatoms. The van der Waals surface area contributed by atoms with E-state index in [1.807, 2.05) is 0 Å². The lowest BCUT2D eigenvalue weighted by Gasteiger charge is -2.33. The Bertz CT molecular complexity index is 755. The van der Waals surface area contributed by atoms with Crippen molar-refractivity contribution < 1.29 is 4.42 Å². The van der Waals surface area contributed by atoms with Gasteiger partial charge in [0.15, 0.2) is 0 Å². The van der Waals surface area contributed by atoms with Gasteiger partial charge in [-0.05, 0) is 12.1 Å². The van der Waals surface area contributed by atoms with Crippen LogP contribution in [0.5, 0.6) is 0 Å². The van der Waals surface area contributed by atoms with Crippen LogP contribution < -0.4 is 10.8 Å². The molecular weight excluding hydrogens is 625 g/mol. The average molecular weight is 711 g/mol. The number of furan rings is 1. The monoisotopic (exact) mass is 711 g/mol. The van der Waals surface area contributed by atoms with Gasteiger partial charge in [0.1, 0.15) is 16.1 Å². The predicted molar refractivity (Wildman–Crippen MR) is 225 cm³/mol. The highest BCUT2D eigenvalue weighted by molar-refractivity contribution is 6.93. The minimum atomic E-state index is -1.68. The second-order valence-electron chi connectivity index (χ2n) is 18.0. The molecule has 4 rings (SSSR count).